The van der Waals surface area contributed by atoms with E-state index in [0.717, 1.165) is 18.5 Å². The molecule has 1 N–H and O–H groups in total. The van der Waals surface area contributed by atoms with E-state index >= 15 is 0 Å². The number of nitrogens with one attached hydrogen (secondary N) is 1. The normalized spacial score (nSPS) is 20.1. The standard InChI is InChI=1S/C10H15N3O2S/c1-3-4-7-9-10(13(2)12-7)16(15)6-5-8(14)11-9/h3-6H2,1-2H3,(H,11,14). The van der Waals surface area contributed by atoms with Crippen molar-refractivity contribution in [3.05, 3.63) is 5.69 Å². The first-order chi connectivity index (χ1) is 7.63. The Bertz CT molecular complexity index is 453. The second-order valence-corrected chi connectivity index (χ2v) is 5.33. The van der Waals surface area contributed by atoms with E-state index in [2.05, 4.69) is 17.3 Å². The highest BCUT2D eigenvalue weighted by molar-refractivity contribution is 7.85. The van der Waals surface area contributed by atoms with Crippen LogP contribution in [0, 0.1) is 0 Å². The minimum Gasteiger partial charge on any atom is -0.322 e. The lowest BCUT2D eigenvalue weighted by Crippen LogP contribution is -2.11. The lowest BCUT2D eigenvalue weighted by molar-refractivity contribution is -0.115. The molecule has 6 heteroatoms. The predicted molar refractivity (Wildman–Crippen MR) is 61.7 cm³/mol. The quantitative estimate of drug-likeness (QED) is 0.834. The van der Waals surface area contributed by atoms with Crippen molar-refractivity contribution in [2.45, 2.75) is 31.2 Å². The first kappa shape index (κ1) is 11.3. The molecule has 0 aromatic carbocycles. The maximum atomic E-state index is 11.9. The van der Waals surface area contributed by atoms with E-state index in [1.807, 2.05) is 0 Å². The van der Waals surface area contributed by atoms with Crippen LogP contribution < -0.4 is 5.32 Å². The van der Waals surface area contributed by atoms with E-state index in [9.17, 15) is 9.00 Å². The van der Waals surface area contributed by atoms with Crippen LogP contribution in [-0.4, -0.2) is 25.6 Å². The van der Waals surface area contributed by atoms with E-state index in [1.54, 1.807) is 11.7 Å². The molecule has 0 saturated carbocycles. The van der Waals surface area contributed by atoms with E-state index < -0.39 is 10.8 Å². The molecule has 0 spiro atoms. The number of fused-ring (bicyclic) bond motifs is 1. The molecule has 0 saturated heterocycles. The summed E-state index contributed by atoms with van der Waals surface area (Å²) in [6, 6.07) is 0. The fourth-order valence-corrected chi connectivity index (χ4v) is 3.14. The van der Waals surface area contributed by atoms with Crippen LogP contribution in [0.4, 0.5) is 5.69 Å². The number of hydrogen-bond donors (Lipinski definition) is 1. The fraction of sp³-hybridized carbons (Fsp3) is 0.600. The van der Waals surface area contributed by atoms with Crippen molar-refractivity contribution in [2.24, 2.45) is 7.05 Å². The van der Waals surface area contributed by atoms with Gasteiger partial charge >= 0.3 is 0 Å². The molecular weight excluding hydrogens is 226 g/mol. The number of hydrogen-bond acceptors (Lipinski definition) is 3. The number of carbonyl (C=O) groups is 1. The summed E-state index contributed by atoms with van der Waals surface area (Å²) >= 11 is 0. The number of amides is 1. The fourth-order valence-electron chi connectivity index (χ4n) is 1.84. The Labute approximate surface area is 96.7 Å². The number of carbonyl (C=O) groups excluding carboxylic acids is 1. The van der Waals surface area contributed by atoms with Gasteiger partial charge < -0.3 is 5.32 Å². The number of aryl methyl sites for hydroxylation is 2. The molecule has 2 rings (SSSR count). The summed E-state index contributed by atoms with van der Waals surface area (Å²) in [5.74, 6) is 0.307. The maximum Gasteiger partial charge on any atom is 0.225 e. The van der Waals surface area contributed by atoms with E-state index in [-0.39, 0.29) is 5.91 Å². The van der Waals surface area contributed by atoms with Gasteiger partial charge in [0.1, 0.15) is 5.03 Å². The lowest BCUT2D eigenvalue weighted by Gasteiger charge is -2.02. The van der Waals surface area contributed by atoms with E-state index in [1.165, 1.54) is 0 Å². The van der Waals surface area contributed by atoms with Gasteiger partial charge in [0.15, 0.2) is 0 Å². The van der Waals surface area contributed by atoms with Crippen LogP contribution in [0.25, 0.3) is 0 Å². The third-order valence-electron chi connectivity index (χ3n) is 2.55. The third-order valence-corrected chi connectivity index (χ3v) is 4.02. The highest BCUT2D eigenvalue weighted by Gasteiger charge is 2.25. The van der Waals surface area contributed by atoms with Crippen molar-refractivity contribution in [1.82, 2.24) is 9.78 Å². The summed E-state index contributed by atoms with van der Waals surface area (Å²) in [6.07, 6.45) is 2.06. The Hall–Kier alpha value is -1.17. The van der Waals surface area contributed by atoms with Gasteiger partial charge in [0.05, 0.1) is 22.2 Å². The van der Waals surface area contributed by atoms with Crippen LogP contribution in [0.15, 0.2) is 5.03 Å². The minimum atomic E-state index is -1.13. The molecule has 16 heavy (non-hydrogen) atoms. The van der Waals surface area contributed by atoms with Crippen LogP contribution in [0.5, 0.6) is 0 Å². The van der Waals surface area contributed by atoms with Crippen LogP contribution in [0.3, 0.4) is 0 Å². The largest absolute Gasteiger partial charge is 0.322 e. The zero-order chi connectivity index (χ0) is 11.7. The van der Waals surface area contributed by atoms with Crippen molar-refractivity contribution in [3.8, 4) is 0 Å². The minimum absolute atomic E-state index is 0.0718. The SMILES string of the molecule is CCCc1nn(C)c2c1NC(=O)CCS2=O. The summed E-state index contributed by atoms with van der Waals surface area (Å²) in [4.78, 5) is 11.5. The first-order valence-electron chi connectivity index (χ1n) is 5.37. The van der Waals surface area contributed by atoms with Gasteiger partial charge in [0.25, 0.3) is 0 Å². The monoisotopic (exact) mass is 241 g/mol. The summed E-state index contributed by atoms with van der Waals surface area (Å²) in [5, 5.41) is 7.78. The third kappa shape index (κ3) is 1.89. The summed E-state index contributed by atoms with van der Waals surface area (Å²) in [5.41, 5.74) is 1.51. The molecule has 1 aromatic rings. The zero-order valence-corrected chi connectivity index (χ0v) is 10.3. The summed E-state index contributed by atoms with van der Waals surface area (Å²) < 4.78 is 13.6. The van der Waals surface area contributed by atoms with Gasteiger partial charge in [0.2, 0.25) is 5.91 Å². The molecule has 1 atom stereocenters. The molecule has 1 aromatic heterocycles. The number of nitrogens with zero attached hydrogens (tertiary/aromatic N) is 2. The van der Waals surface area contributed by atoms with Crippen LogP contribution in [-0.2, 0) is 29.1 Å². The van der Waals surface area contributed by atoms with Gasteiger partial charge in [0, 0.05) is 19.2 Å². The maximum absolute atomic E-state index is 11.9. The predicted octanol–water partition coefficient (Wildman–Crippen LogP) is 0.822. The molecule has 1 aliphatic rings. The molecular formula is C10H15N3O2S. The van der Waals surface area contributed by atoms with Crippen LogP contribution in [0.1, 0.15) is 25.5 Å². The molecule has 1 aliphatic heterocycles. The van der Waals surface area contributed by atoms with Crippen LogP contribution >= 0.6 is 0 Å². The average molecular weight is 241 g/mol. The Morgan fingerprint density at radius 3 is 3.00 bits per heavy atom. The highest BCUT2D eigenvalue weighted by atomic mass is 32.2. The molecule has 1 amide bonds. The number of rotatable bonds is 2. The molecule has 0 radical (unpaired) electrons. The van der Waals surface area contributed by atoms with Gasteiger partial charge in [-0.05, 0) is 6.42 Å². The highest BCUT2D eigenvalue weighted by Crippen LogP contribution is 2.27. The molecule has 0 bridgehead atoms. The van der Waals surface area contributed by atoms with Crippen molar-refractivity contribution >= 4 is 22.4 Å². The Morgan fingerprint density at radius 2 is 2.31 bits per heavy atom. The second kappa shape index (κ2) is 4.37. The Balaban J connectivity index is 2.51. The Kier molecular flexibility index (Phi) is 3.09. The smallest absolute Gasteiger partial charge is 0.225 e. The molecule has 2 heterocycles. The lowest BCUT2D eigenvalue weighted by atomic mass is 10.2. The molecule has 5 nitrogen and oxygen atoms in total. The van der Waals surface area contributed by atoms with Gasteiger partial charge in [-0.15, -0.1) is 0 Å². The van der Waals surface area contributed by atoms with Crippen molar-refractivity contribution in [3.63, 3.8) is 0 Å². The number of anilines is 1. The topological polar surface area (TPSA) is 64.0 Å². The number of aromatic nitrogens is 2. The first-order valence-corrected chi connectivity index (χ1v) is 6.69. The van der Waals surface area contributed by atoms with E-state index in [4.69, 9.17) is 0 Å². The molecule has 88 valence electrons. The molecule has 1 unspecified atom stereocenters. The second-order valence-electron chi connectivity index (χ2n) is 3.85. The van der Waals surface area contributed by atoms with Crippen molar-refractivity contribution in [1.29, 1.82) is 0 Å². The van der Waals surface area contributed by atoms with E-state index in [0.29, 0.717) is 22.9 Å². The van der Waals surface area contributed by atoms with Crippen molar-refractivity contribution < 1.29 is 9.00 Å². The molecule has 0 fully saturated rings. The summed E-state index contributed by atoms with van der Waals surface area (Å²) in [7, 11) is 0.641. The molecule has 0 aliphatic carbocycles. The van der Waals surface area contributed by atoms with Gasteiger partial charge in [-0.25, -0.2) is 0 Å². The van der Waals surface area contributed by atoms with Crippen LogP contribution in [0.2, 0.25) is 0 Å². The van der Waals surface area contributed by atoms with Gasteiger partial charge in [-0.2, -0.15) is 5.10 Å². The summed E-state index contributed by atoms with van der Waals surface area (Å²) in [6.45, 7) is 2.05. The van der Waals surface area contributed by atoms with Gasteiger partial charge in [-0.3, -0.25) is 13.7 Å². The van der Waals surface area contributed by atoms with Crippen molar-refractivity contribution in [2.75, 3.05) is 11.1 Å². The Morgan fingerprint density at radius 1 is 1.56 bits per heavy atom. The van der Waals surface area contributed by atoms with Gasteiger partial charge in [-0.1, -0.05) is 13.3 Å². The average Bonchev–Trinajstić information content (AvgIpc) is 2.42. The zero-order valence-electron chi connectivity index (χ0n) is 9.45.